The molecule has 0 aromatic rings. The highest BCUT2D eigenvalue weighted by Gasteiger charge is 2.20. The van der Waals surface area contributed by atoms with Gasteiger partial charge in [0.25, 0.3) is 0 Å². The lowest BCUT2D eigenvalue weighted by atomic mass is 10.1. The minimum atomic E-state index is -0.268. The summed E-state index contributed by atoms with van der Waals surface area (Å²) in [5.41, 5.74) is 0. The Bertz CT molecular complexity index is 208. The molecule has 0 aromatic heterocycles. The normalized spacial score (nSPS) is 21.2. The SMILES string of the molecule is CCOC(=O)COCCN1CCC(CC)C1. The lowest BCUT2D eigenvalue weighted by Crippen LogP contribution is -2.26. The van der Waals surface area contributed by atoms with Crippen LogP contribution in [0.5, 0.6) is 0 Å². The number of carbonyl (C=O) groups excluding carboxylic acids is 1. The van der Waals surface area contributed by atoms with Gasteiger partial charge in [0, 0.05) is 13.1 Å². The quantitative estimate of drug-likeness (QED) is 0.487. The molecular formula is C12H23NO3. The van der Waals surface area contributed by atoms with Crippen LogP contribution in [0.25, 0.3) is 0 Å². The number of likely N-dealkylation sites (tertiary alicyclic amines) is 1. The first-order valence-electron chi connectivity index (χ1n) is 6.22. The molecule has 1 atom stereocenters. The molecule has 1 rings (SSSR count). The lowest BCUT2D eigenvalue weighted by molar-refractivity contribution is -0.148. The van der Waals surface area contributed by atoms with Crippen molar-refractivity contribution in [1.29, 1.82) is 0 Å². The molecule has 4 nitrogen and oxygen atoms in total. The maximum atomic E-state index is 11.0. The van der Waals surface area contributed by atoms with Gasteiger partial charge in [-0.3, -0.25) is 0 Å². The van der Waals surface area contributed by atoms with E-state index in [4.69, 9.17) is 9.47 Å². The van der Waals surface area contributed by atoms with Gasteiger partial charge >= 0.3 is 5.97 Å². The number of rotatable bonds is 7. The maximum Gasteiger partial charge on any atom is 0.332 e. The average Bonchev–Trinajstić information content (AvgIpc) is 2.73. The van der Waals surface area contributed by atoms with E-state index in [0.717, 1.165) is 12.5 Å². The van der Waals surface area contributed by atoms with E-state index in [1.165, 1.54) is 25.9 Å². The minimum absolute atomic E-state index is 0.0822. The predicted octanol–water partition coefficient (Wildman–Crippen LogP) is 1.30. The van der Waals surface area contributed by atoms with Gasteiger partial charge < -0.3 is 14.4 Å². The molecule has 1 aliphatic heterocycles. The van der Waals surface area contributed by atoms with Crippen molar-refractivity contribution in [3.63, 3.8) is 0 Å². The molecule has 1 aliphatic rings. The molecular weight excluding hydrogens is 206 g/mol. The summed E-state index contributed by atoms with van der Waals surface area (Å²) in [6.07, 6.45) is 2.56. The topological polar surface area (TPSA) is 38.8 Å². The van der Waals surface area contributed by atoms with Crippen molar-refractivity contribution in [3.8, 4) is 0 Å². The Hall–Kier alpha value is -0.610. The average molecular weight is 229 g/mol. The Balaban J connectivity index is 1.97. The summed E-state index contributed by atoms with van der Waals surface area (Å²) in [7, 11) is 0. The van der Waals surface area contributed by atoms with E-state index in [-0.39, 0.29) is 12.6 Å². The second-order valence-electron chi connectivity index (χ2n) is 4.22. The third kappa shape index (κ3) is 4.94. The molecule has 0 amide bonds. The van der Waals surface area contributed by atoms with Gasteiger partial charge in [0.05, 0.1) is 13.2 Å². The van der Waals surface area contributed by atoms with E-state index in [1.807, 2.05) is 0 Å². The molecule has 0 aromatic carbocycles. The van der Waals surface area contributed by atoms with Gasteiger partial charge in [0.1, 0.15) is 6.61 Å². The zero-order chi connectivity index (χ0) is 11.8. The lowest BCUT2D eigenvalue weighted by Gasteiger charge is -2.15. The Morgan fingerprint density at radius 3 is 2.88 bits per heavy atom. The van der Waals surface area contributed by atoms with E-state index >= 15 is 0 Å². The van der Waals surface area contributed by atoms with Crippen LogP contribution in [0.2, 0.25) is 0 Å². The first-order chi connectivity index (χ1) is 7.76. The molecule has 4 heteroatoms. The number of hydrogen-bond acceptors (Lipinski definition) is 4. The highest BCUT2D eigenvalue weighted by Crippen LogP contribution is 2.18. The van der Waals surface area contributed by atoms with Crippen LogP contribution in [0, 0.1) is 5.92 Å². The van der Waals surface area contributed by atoms with Gasteiger partial charge in [0.2, 0.25) is 0 Å². The second-order valence-corrected chi connectivity index (χ2v) is 4.22. The van der Waals surface area contributed by atoms with E-state index in [9.17, 15) is 4.79 Å². The number of carbonyl (C=O) groups is 1. The van der Waals surface area contributed by atoms with Crippen molar-refractivity contribution in [2.75, 3.05) is 39.5 Å². The smallest absolute Gasteiger partial charge is 0.332 e. The van der Waals surface area contributed by atoms with Crippen LogP contribution in [0.15, 0.2) is 0 Å². The molecule has 0 radical (unpaired) electrons. The second kappa shape index (κ2) is 7.63. The van der Waals surface area contributed by atoms with Crippen LogP contribution < -0.4 is 0 Å². The van der Waals surface area contributed by atoms with E-state index < -0.39 is 0 Å². The van der Waals surface area contributed by atoms with Crippen molar-refractivity contribution >= 4 is 5.97 Å². The monoisotopic (exact) mass is 229 g/mol. The van der Waals surface area contributed by atoms with Crippen LogP contribution >= 0.6 is 0 Å². The standard InChI is InChI=1S/C12H23NO3/c1-3-11-5-6-13(9-11)7-8-15-10-12(14)16-4-2/h11H,3-10H2,1-2H3. The summed E-state index contributed by atoms with van der Waals surface area (Å²) in [4.78, 5) is 13.4. The van der Waals surface area contributed by atoms with E-state index in [1.54, 1.807) is 6.92 Å². The zero-order valence-electron chi connectivity index (χ0n) is 10.4. The fourth-order valence-corrected chi connectivity index (χ4v) is 2.00. The third-order valence-corrected chi connectivity index (χ3v) is 3.02. The molecule has 0 saturated carbocycles. The van der Waals surface area contributed by atoms with Crippen LogP contribution in [0.4, 0.5) is 0 Å². The number of esters is 1. The molecule has 1 unspecified atom stereocenters. The predicted molar refractivity (Wildman–Crippen MR) is 62.3 cm³/mol. The molecule has 16 heavy (non-hydrogen) atoms. The van der Waals surface area contributed by atoms with Crippen molar-refractivity contribution < 1.29 is 14.3 Å². The van der Waals surface area contributed by atoms with Crippen LogP contribution in [0.1, 0.15) is 26.7 Å². The molecule has 1 fully saturated rings. The summed E-state index contributed by atoms with van der Waals surface area (Å²) < 4.78 is 10.0. The summed E-state index contributed by atoms with van der Waals surface area (Å²) in [6, 6.07) is 0. The van der Waals surface area contributed by atoms with E-state index in [2.05, 4.69) is 11.8 Å². The minimum Gasteiger partial charge on any atom is -0.464 e. The number of hydrogen-bond donors (Lipinski definition) is 0. The van der Waals surface area contributed by atoms with Crippen molar-refractivity contribution in [2.45, 2.75) is 26.7 Å². The highest BCUT2D eigenvalue weighted by atomic mass is 16.6. The summed E-state index contributed by atoms with van der Waals surface area (Å²) in [5.74, 6) is 0.584. The fourth-order valence-electron chi connectivity index (χ4n) is 2.00. The molecule has 0 spiro atoms. The molecule has 0 N–H and O–H groups in total. The molecule has 0 bridgehead atoms. The van der Waals surface area contributed by atoms with Gasteiger partial charge in [-0.1, -0.05) is 13.3 Å². The van der Waals surface area contributed by atoms with Gasteiger partial charge in [0.15, 0.2) is 0 Å². The van der Waals surface area contributed by atoms with Gasteiger partial charge in [-0.2, -0.15) is 0 Å². The largest absolute Gasteiger partial charge is 0.464 e. The highest BCUT2D eigenvalue weighted by molar-refractivity contribution is 5.70. The van der Waals surface area contributed by atoms with Gasteiger partial charge in [-0.15, -0.1) is 0 Å². The zero-order valence-corrected chi connectivity index (χ0v) is 10.4. The van der Waals surface area contributed by atoms with Crippen molar-refractivity contribution in [2.24, 2.45) is 5.92 Å². The van der Waals surface area contributed by atoms with E-state index in [0.29, 0.717) is 13.2 Å². The Morgan fingerprint density at radius 2 is 2.25 bits per heavy atom. The third-order valence-electron chi connectivity index (χ3n) is 3.02. The maximum absolute atomic E-state index is 11.0. The first kappa shape index (κ1) is 13.5. The Kier molecular flexibility index (Phi) is 6.42. The summed E-state index contributed by atoms with van der Waals surface area (Å²) in [5, 5.41) is 0. The van der Waals surface area contributed by atoms with Crippen LogP contribution in [-0.2, 0) is 14.3 Å². The van der Waals surface area contributed by atoms with Gasteiger partial charge in [-0.05, 0) is 25.8 Å². The van der Waals surface area contributed by atoms with Crippen molar-refractivity contribution in [1.82, 2.24) is 4.90 Å². The first-order valence-corrected chi connectivity index (χ1v) is 6.22. The molecule has 1 heterocycles. The molecule has 1 saturated heterocycles. The van der Waals surface area contributed by atoms with Crippen molar-refractivity contribution in [3.05, 3.63) is 0 Å². The molecule has 94 valence electrons. The molecule has 0 aliphatic carbocycles. The van der Waals surface area contributed by atoms with Crippen LogP contribution in [-0.4, -0.2) is 50.3 Å². The summed E-state index contributed by atoms with van der Waals surface area (Å²) in [6.45, 7) is 8.44. The Labute approximate surface area is 97.9 Å². The van der Waals surface area contributed by atoms with Gasteiger partial charge in [-0.25, -0.2) is 4.79 Å². The number of ether oxygens (including phenoxy) is 2. The Morgan fingerprint density at radius 1 is 1.44 bits per heavy atom. The fraction of sp³-hybridized carbons (Fsp3) is 0.917. The van der Waals surface area contributed by atoms with Crippen LogP contribution in [0.3, 0.4) is 0 Å². The number of nitrogens with zero attached hydrogens (tertiary/aromatic N) is 1. The summed E-state index contributed by atoms with van der Waals surface area (Å²) >= 11 is 0.